The molecule has 0 aliphatic heterocycles. The second kappa shape index (κ2) is 9.93. The van der Waals surface area contributed by atoms with Gasteiger partial charge in [0.1, 0.15) is 0 Å². The third-order valence-electron chi connectivity index (χ3n) is 3.71. The SMILES string of the molecule is CN=C(NCC(C)Cn1cccn1)N(C)Cc1cc(Cl)cn1C.I. The van der Waals surface area contributed by atoms with E-state index in [-0.39, 0.29) is 24.0 Å². The Morgan fingerprint density at radius 2 is 2.25 bits per heavy atom. The normalized spacial score (nSPS) is 12.6. The summed E-state index contributed by atoms with van der Waals surface area (Å²) >= 11 is 6.04. The van der Waals surface area contributed by atoms with Crippen molar-refractivity contribution in [3.8, 4) is 0 Å². The van der Waals surface area contributed by atoms with Gasteiger partial charge in [-0.25, -0.2) is 0 Å². The Morgan fingerprint density at radius 1 is 1.50 bits per heavy atom. The van der Waals surface area contributed by atoms with Gasteiger partial charge < -0.3 is 14.8 Å². The maximum atomic E-state index is 6.04. The van der Waals surface area contributed by atoms with Crippen LogP contribution in [-0.2, 0) is 20.1 Å². The molecule has 1 atom stereocenters. The summed E-state index contributed by atoms with van der Waals surface area (Å²) in [5.41, 5.74) is 1.14. The lowest BCUT2D eigenvalue weighted by molar-refractivity contribution is 0.419. The lowest BCUT2D eigenvalue weighted by Gasteiger charge is -2.23. The number of aryl methyl sites for hydroxylation is 1. The van der Waals surface area contributed by atoms with E-state index in [1.807, 2.05) is 47.9 Å². The molecule has 2 heterocycles. The second-order valence-corrected chi connectivity index (χ2v) is 6.31. The molecule has 134 valence electrons. The maximum absolute atomic E-state index is 6.04. The zero-order valence-electron chi connectivity index (χ0n) is 14.6. The molecule has 0 bridgehead atoms. The van der Waals surface area contributed by atoms with E-state index in [9.17, 15) is 0 Å². The summed E-state index contributed by atoms with van der Waals surface area (Å²) in [4.78, 5) is 6.45. The fraction of sp³-hybridized carbons (Fsp3) is 0.500. The van der Waals surface area contributed by atoms with E-state index in [0.717, 1.165) is 36.3 Å². The standard InChI is InChI=1S/C16H25ClN6.HI/c1-13(10-23-7-5-6-20-23)9-19-16(18-2)22(4)12-15-8-14(17)11-21(15)3;/h5-8,11,13H,9-10,12H2,1-4H3,(H,18,19);1H. The minimum Gasteiger partial charge on any atom is -0.356 e. The molecule has 1 N–H and O–H groups in total. The molecular weight excluding hydrogens is 439 g/mol. The number of nitrogens with one attached hydrogen (secondary N) is 1. The molecule has 6 nitrogen and oxygen atoms in total. The number of hydrogen-bond donors (Lipinski definition) is 1. The first kappa shape index (κ1) is 20.8. The molecular formula is C16H26ClIN6. The van der Waals surface area contributed by atoms with Crippen molar-refractivity contribution < 1.29 is 0 Å². The van der Waals surface area contributed by atoms with E-state index in [1.165, 1.54) is 0 Å². The van der Waals surface area contributed by atoms with Crippen LogP contribution in [0.15, 0.2) is 35.7 Å². The van der Waals surface area contributed by atoms with Gasteiger partial charge in [-0.2, -0.15) is 5.10 Å². The van der Waals surface area contributed by atoms with Crippen LogP contribution in [-0.4, -0.2) is 45.8 Å². The van der Waals surface area contributed by atoms with E-state index in [2.05, 4.69) is 27.2 Å². The summed E-state index contributed by atoms with van der Waals surface area (Å²) in [6, 6.07) is 3.92. The summed E-state index contributed by atoms with van der Waals surface area (Å²) in [5, 5.41) is 8.42. The topological polar surface area (TPSA) is 50.4 Å². The first-order valence-corrected chi connectivity index (χ1v) is 8.07. The molecule has 0 aromatic carbocycles. The molecule has 0 radical (unpaired) electrons. The minimum absolute atomic E-state index is 0. The summed E-state index contributed by atoms with van der Waals surface area (Å²) < 4.78 is 3.98. The third-order valence-corrected chi connectivity index (χ3v) is 3.92. The fourth-order valence-corrected chi connectivity index (χ4v) is 2.76. The molecule has 1 unspecified atom stereocenters. The van der Waals surface area contributed by atoms with E-state index in [4.69, 9.17) is 11.6 Å². The number of rotatable bonds is 6. The van der Waals surface area contributed by atoms with Gasteiger partial charge in [0.25, 0.3) is 0 Å². The van der Waals surface area contributed by atoms with Crippen LogP contribution in [0.3, 0.4) is 0 Å². The lowest BCUT2D eigenvalue weighted by atomic mass is 10.2. The summed E-state index contributed by atoms with van der Waals surface area (Å²) in [6.45, 7) is 4.66. The number of aliphatic imine (C=N–C) groups is 1. The van der Waals surface area contributed by atoms with Crippen molar-refractivity contribution in [2.75, 3.05) is 20.6 Å². The molecule has 0 saturated carbocycles. The van der Waals surface area contributed by atoms with Crippen LogP contribution in [0.4, 0.5) is 0 Å². The molecule has 0 spiro atoms. The van der Waals surface area contributed by atoms with Gasteiger partial charge in [-0.1, -0.05) is 18.5 Å². The highest BCUT2D eigenvalue weighted by Crippen LogP contribution is 2.14. The largest absolute Gasteiger partial charge is 0.356 e. The predicted molar refractivity (Wildman–Crippen MR) is 110 cm³/mol. The van der Waals surface area contributed by atoms with Crippen LogP contribution >= 0.6 is 35.6 Å². The minimum atomic E-state index is 0. The fourth-order valence-electron chi connectivity index (χ4n) is 2.48. The zero-order valence-corrected chi connectivity index (χ0v) is 17.7. The molecule has 0 aliphatic carbocycles. The summed E-state index contributed by atoms with van der Waals surface area (Å²) in [7, 11) is 5.82. The first-order valence-electron chi connectivity index (χ1n) is 7.69. The van der Waals surface area contributed by atoms with Crippen LogP contribution in [0, 0.1) is 5.92 Å². The number of nitrogens with zero attached hydrogens (tertiary/aromatic N) is 5. The Kier molecular flexibility index (Phi) is 8.61. The molecule has 0 fully saturated rings. The van der Waals surface area contributed by atoms with E-state index in [0.29, 0.717) is 5.92 Å². The Balaban J connectivity index is 0.00000288. The van der Waals surface area contributed by atoms with Gasteiger partial charge in [-0.3, -0.25) is 9.67 Å². The zero-order chi connectivity index (χ0) is 16.8. The van der Waals surface area contributed by atoms with Crippen LogP contribution in [0.25, 0.3) is 0 Å². The van der Waals surface area contributed by atoms with Gasteiger partial charge in [-0.15, -0.1) is 24.0 Å². The van der Waals surface area contributed by atoms with Gasteiger partial charge in [0.15, 0.2) is 5.96 Å². The maximum Gasteiger partial charge on any atom is 0.193 e. The molecule has 0 amide bonds. The quantitative estimate of drug-likeness (QED) is 0.406. The van der Waals surface area contributed by atoms with E-state index >= 15 is 0 Å². The highest BCUT2D eigenvalue weighted by atomic mass is 127. The van der Waals surface area contributed by atoms with E-state index < -0.39 is 0 Å². The van der Waals surface area contributed by atoms with Crippen LogP contribution < -0.4 is 5.32 Å². The highest BCUT2D eigenvalue weighted by Gasteiger charge is 2.11. The van der Waals surface area contributed by atoms with Crippen LogP contribution in [0.1, 0.15) is 12.6 Å². The van der Waals surface area contributed by atoms with Crippen molar-refractivity contribution in [1.82, 2.24) is 24.6 Å². The number of halogens is 2. The third kappa shape index (κ3) is 6.01. The van der Waals surface area contributed by atoms with Crippen molar-refractivity contribution in [1.29, 1.82) is 0 Å². The molecule has 0 saturated heterocycles. The van der Waals surface area contributed by atoms with Gasteiger partial charge >= 0.3 is 0 Å². The van der Waals surface area contributed by atoms with Crippen molar-refractivity contribution in [2.24, 2.45) is 18.0 Å². The Morgan fingerprint density at radius 3 is 2.79 bits per heavy atom. The lowest BCUT2D eigenvalue weighted by Crippen LogP contribution is -2.41. The van der Waals surface area contributed by atoms with Gasteiger partial charge in [0, 0.05) is 58.5 Å². The molecule has 24 heavy (non-hydrogen) atoms. The molecule has 2 rings (SSSR count). The molecule has 2 aromatic heterocycles. The second-order valence-electron chi connectivity index (χ2n) is 5.88. The van der Waals surface area contributed by atoms with Gasteiger partial charge in [0.05, 0.1) is 11.6 Å². The first-order chi connectivity index (χ1) is 11.0. The Hall–Kier alpha value is -1.22. The van der Waals surface area contributed by atoms with Crippen molar-refractivity contribution in [3.05, 3.63) is 41.4 Å². The average Bonchev–Trinajstić information content (AvgIpc) is 3.10. The highest BCUT2D eigenvalue weighted by molar-refractivity contribution is 14.0. The summed E-state index contributed by atoms with van der Waals surface area (Å²) in [5.74, 6) is 1.32. The van der Waals surface area contributed by atoms with Crippen LogP contribution in [0.2, 0.25) is 5.02 Å². The average molecular weight is 465 g/mol. The van der Waals surface area contributed by atoms with Gasteiger partial charge in [0.2, 0.25) is 0 Å². The smallest absolute Gasteiger partial charge is 0.193 e. The molecule has 2 aromatic rings. The van der Waals surface area contributed by atoms with Gasteiger partial charge in [-0.05, 0) is 18.1 Å². The molecule has 0 aliphatic rings. The van der Waals surface area contributed by atoms with Crippen molar-refractivity contribution in [3.63, 3.8) is 0 Å². The Labute approximate surface area is 165 Å². The van der Waals surface area contributed by atoms with Crippen molar-refractivity contribution >= 4 is 41.5 Å². The number of guanidine groups is 1. The van der Waals surface area contributed by atoms with E-state index in [1.54, 1.807) is 13.2 Å². The monoisotopic (exact) mass is 464 g/mol. The number of aromatic nitrogens is 3. The number of hydrogen-bond acceptors (Lipinski definition) is 2. The predicted octanol–water partition coefficient (Wildman–Crippen LogP) is 2.84. The van der Waals surface area contributed by atoms with Crippen molar-refractivity contribution in [2.45, 2.75) is 20.0 Å². The molecule has 8 heteroatoms. The van der Waals surface area contributed by atoms with Crippen LogP contribution in [0.5, 0.6) is 0 Å². The Bertz CT molecular complexity index is 637. The summed E-state index contributed by atoms with van der Waals surface area (Å²) in [6.07, 6.45) is 5.70.